The highest BCUT2D eigenvalue weighted by Crippen LogP contribution is 2.27. The van der Waals surface area contributed by atoms with Gasteiger partial charge in [0.1, 0.15) is 5.75 Å². The summed E-state index contributed by atoms with van der Waals surface area (Å²) in [6.07, 6.45) is 3.93. The second kappa shape index (κ2) is 13.2. The largest absolute Gasteiger partial charge is 0.497 e. The second-order valence-electron chi connectivity index (χ2n) is 7.15. The number of ether oxygens (including phenoxy) is 1. The Hall–Kier alpha value is -2.27. The van der Waals surface area contributed by atoms with E-state index in [0.29, 0.717) is 24.8 Å². The molecule has 170 valence electrons. The van der Waals surface area contributed by atoms with Crippen molar-refractivity contribution in [1.82, 2.24) is 20.9 Å². The van der Waals surface area contributed by atoms with Gasteiger partial charge in [-0.3, -0.25) is 14.7 Å². The van der Waals surface area contributed by atoms with E-state index in [0.717, 1.165) is 25.4 Å². The smallest absolute Gasteiger partial charge is 0.287 e. The van der Waals surface area contributed by atoms with Crippen molar-refractivity contribution in [1.29, 1.82) is 0 Å². The zero-order chi connectivity index (χ0) is 21.2. The number of methoxy groups -OCH3 is 1. The lowest BCUT2D eigenvalue weighted by Gasteiger charge is -2.29. The molecule has 1 atom stereocenters. The van der Waals surface area contributed by atoms with Crippen LogP contribution in [0.1, 0.15) is 35.0 Å². The summed E-state index contributed by atoms with van der Waals surface area (Å²) in [7, 11) is 3.44. The molecule has 1 aliphatic rings. The van der Waals surface area contributed by atoms with Gasteiger partial charge in [-0.2, -0.15) is 0 Å². The van der Waals surface area contributed by atoms with Gasteiger partial charge in [0.25, 0.3) is 5.91 Å². The third-order valence-corrected chi connectivity index (χ3v) is 5.19. The monoisotopic (exact) mass is 541 g/mol. The fourth-order valence-electron chi connectivity index (χ4n) is 3.63. The zero-order valence-electron chi connectivity index (χ0n) is 18.1. The lowest BCUT2D eigenvalue weighted by molar-refractivity contribution is 0.0926. The molecular weight excluding hydrogens is 509 g/mol. The van der Waals surface area contributed by atoms with Gasteiger partial charge in [-0.05, 0) is 55.8 Å². The van der Waals surface area contributed by atoms with Crippen LogP contribution in [0.4, 0.5) is 0 Å². The van der Waals surface area contributed by atoms with Crippen molar-refractivity contribution >= 4 is 35.8 Å². The van der Waals surface area contributed by atoms with Crippen molar-refractivity contribution in [2.45, 2.75) is 18.9 Å². The normalized spacial score (nSPS) is 15.1. The first-order chi connectivity index (χ1) is 14.7. The summed E-state index contributed by atoms with van der Waals surface area (Å²) in [5.41, 5.74) is 1.23. The number of furan rings is 1. The first-order valence-electron chi connectivity index (χ1n) is 10.4. The molecule has 2 heterocycles. The average Bonchev–Trinajstić information content (AvgIpc) is 3.50. The number of nitrogens with one attached hydrogen (secondary N) is 3. The number of hydrogen-bond acceptors (Lipinski definition) is 5. The topological polar surface area (TPSA) is 91.1 Å². The third kappa shape index (κ3) is 7.42. The van der Waals surface area contributed by atoms with E-state index in [9.17, 15) is 4.79 Å². The summed E-state index contributed by atoms with van der Waals surface area (Å²) in [5.74, 6) is 1.65. The number of guanidine groups is 1. The summed E-state index contributed by atoms with van der Waals surface area (Å²) < 4.78 is 10.5. The van der Waals surface area contributed by atoms with Gasteiger partial charge in [-0.25, -0.2) is 0 Å². The van der Waals surface area contributed by atoms with Crippen LogP contribution in [0.15, 0.2) is 52.1 Å². The first kappa shape index (κ1) is 25.0. The van der Waals surface area contributed by atoms with E-state index in [1.54, 1.807) is 26.3 Å². The summed E-state index contributed by atoms with van der Waals surface area (Å²) in [4.78, 5) is 18.7. The Labute approximate surface area is 200 Å². The fourth-order valence-corrected chi connectivity index (χ4v) is 3.63. The molecule has 1 fully saturated rings. The number of likely N-dealkylation sites (tertiary alicyclic amines) is 1. The van der Waals surface area contributed by atoms with Crippen molar-refractivity contribution in [2.75, 3.05) is 46.9 Å². The molecule has 0 spiro atoms. The van der Waals surface area contributed by atoms with Crippen LogP contribution in [-0.4, -0.2) is 63.6 Å². The van der Waals surface area contributed by atoms with Gasteiger partial charge in [0.05, 0.1) is 19.4 Å². The lowest BCUT2D eigenvalue weighted by atomic mass is 10.1. The van der Waals surface area contributed by atoms with Crippen LogP contribution in [0.25, 0.3) is 0 Å². The minimum absolute atomic E-state index is 0. The molecule has 1 unspecified atom stereocenters. The van der Waals surface area contributed by atoms with Crippen LogP contribution in [0.3, 0.4) is 0 Å². The van der Waals surface area contributed by atoms with Crippen molar-refractivity contribution < 1.29 is 13.9 Å². The molecule has 2 aromatic rings. The van der Waals surface area contributed by atoms with Gasteiger partial charge in [-0.1, -0.05) is 12.1 Å². The highest BCUT2D eigenvalue weighted by Gasteiger charge is 2.24. The Kier molecular flexibility index (Phi) is 10.6. The molecule has 1 amide bonds. The van der Waals surface area contributed by atoms with Crippen LogP contribution < -0.4 is 20.7 Å². The molecule has 1 aromatic carbocycles. The van der Waals surface area contributed by atoms with Crippen LogP contribution in [0.2, 0.25) is 0 Å². The Bertz CT molecular complexity index is 822. The Morgan fingerprint density at radius 3 is 2.61 bits per heavy atom. The number of benzene rings is 1. The zero-order valence-corrected chi connectivity index (χ0v) is 20.4. The Balaban J connectivity index is 0.00000341. The summed E-state index contributed by atoms with van der Waals surface area (Å²) in [5, 5.41) is 9.48. The molecule has 8 nitrogen and oxygen atoms in total. The molecule has 9 heteroatoms. The van der Waals surface area contributed by atoms with Gasteiger partial charge < -0.3 is 25.1 Å². The third-order valence-electron chi connectivity index (χ3n) is 5.19. The van der Waals surface area contributed by atoms with E-state index in [1.807, 2.05) is 12.1 Å². The van der Waals surface area contributed by atoms with Crippen molar-refractivity contribution in [3.63, 3.8) is 0 Å². The molecule has 0 aliphatic carbocycles. The number of rotatable bonds is 9. The van der Waals surface area contributed by atoms with Crippen LogP contribution in [-0.2, 0) is 0 Å². The number of aliphatic imine (C=N–C) groups is 1. The molecule has 1 saturated heterocycles. The standard InChI is InChI=1S/C22H31N5O3.HI/c1-23-22(25-11-10-24-21(28)20-9-6-14-30-20)26-16-19(27-12-3-4-13-27)17-7-5-8-18(15-17)29-2;/h5-9,14-15,19H,3-4,10-13,16H2,1-2H3,(H,24,28)(H2,23,25,26);1H. The maximum atomic E-state index is 11.9. The predicted octanol–water partition coefficient (Wildman–Crippen LogP) is 2.64. The SMILES string of the molecule is CN=C(NCCNC(=O)c1ccco1)NCC(c1cccc(OC)c1)N1CCCC1.I. The number of amides is 1. The Morgan fingerprint density at radius 2 is 1.94 bits per heavy atom. The van der Waals surface area contributed by atoms with Gasteiger partial charge in [0.2, 0.25) is 0 Å². The van der Waals surface area contributed by atoms with Crippen LogP contribution in [0.5, 0.6) is 5.75 Å². The van der Waals surface area contributed by atoms with Gasteiger partial charge in [-0.15, -0.1) is 24.0 Å². The van der Waals surface area contributed by atoms with Crippen LogP contribution >= 0.6 is 24.0 Å². The number of carbonyl (C=O) groups is 1. The minimum Gasteiger partial charge on any atom is -0.497 e. The number of carbonyl (C=O) groups excluding carboxylic acids is 1. The average molecular weight is 541 g/mol. The second-order valence-corrected chi connectivity index (χ2v) is 7.15. The van der Waals surface area contributed by atoms with Crippen molar-refractivity contribution in [3.8, 4) is 5.75 Å². The highest BCUT2D eigenvalue weighted by molar-refractivity contribution is 14.0. The van der Waals surface area contributed by atoms with Gasteiger partial charge in [0, 0.05) is 26.7 Å². The minimum atomic E-state index is -0.225. The quantitative estimate of drug-likeness (QED) is 0.196. The predicted molar refractivity (Wildman–Crippen MR) is 132 cm³/mol. The number of nitrogens with zero attached hydrogens (tertiary/aromatic N) is 2. The highest BCUT2D eigenvalue weighted by atomic mass is 127. The molecule has 0 saturated carbocycles. The van der Waals surface area contributed by atoms with E-state index < -0.39 is 0 Å². The van der Waals surface area contributed by atoms with Crippen molar-refractivity contribution in [2.24, 2.45) is 4.99 Å². The maximum absolute atomic E-state index is 11.9. The molecule has 31 heavy (non-hydrogen) atoms. The molecule has 3 rings (SSSR count). The summed E-state index contributed by atoms with van der Waals surface area (Å²) in [6, 6.07) is 11.8. The molecule has 0 radical (unpaired) electrons. The number of halogens is 1. The van der Waals surface area contributed by atoms with Gasteiger partial charge in [0.15, 0.2) is 11.7 Å². The molecular formula is C22H32IN5O3. The van der Waals surface area contributed by atoms with Gasteiger partial charge >= 0.3 is 0 Å². The molecule has 1 aliphatic heterocycles. The van der Waals surface area contributed by atoms with E-state index in [2.05, 4.69) is 38.0 Å². The molecule has 0 bridgehead atoms. The lowest BCUT2D eigenvalue weighted by Crippen LogP contribution is -2.44. The van der Waals surface area contributed by atoms with Crippen LogP contribution in [0, 0.1) is 0 Å². The Morgan fingerprint density at radius 1 is 1.16 bits per heavy atom. The first-order valence-corrected chi connectivity index (χ1v) is 10.4. The maximum Gasteiger partial charge on any atom is 0.287 e. The summed E-state index contributed by atoms with van der Waals surface area (Å²) in [6.45, 7) is 3.93. The molecule has 3 N–H and O–H groups in total. The van der Waals surface area contributed by atoms with E-state index in [-0.39, 0.29) is 35.9 Å². The van der Waals surface area contributed by atoms with Crippen molar-refractivity contribution in [3.05, 3.63) is 54.0 Å². The summed E-state index contributed by atoms with van der Waals surface area (Å²) >= 11 is 0. The van der Waals surface area contributed by atoms with E-state index in [4.69, 9.17) is 9.15 Å². The fraction of sp³-hybridized carbons (Fsp3) is 0.455. The van der Waals surface area contributed by atoms with E-state index in [1.165, 1.54) is 24.7 Å². The van der Waals surface area contributed by atoms with E-state index >= 15 is 0 Å². The molecule has 1 aromatic heterocycles. The number of hydrogen-bond donors (Lipinski definition) is 3.